The molecule has 0 N–H and O–H groups in total. The van der Waals surface area contributed by atoms with Crippen molar-refractivity contribution in [2.75, 3.05) is 19.6 Å². The summed E-state index contributed by atoms with van der Waals surface area (Å²) in [6, 6.07) is 11.1. The van der Waals surface area contributed by atoms with Crippen LogP contribution in [0.5, 0.6) is 0 Å². The molecule has 2 unspecified atom stereocenters. The van der Waals surface area contributed by atoms with Gasteiger partial charge in [0, 0.05) is 6.54 Å². The van der Waals surface area contributed by atoms with E-state index in [0.717, 1.165) is 26.1 Å². The second-order valence-corrected chi connectivity index (χ2v) is 5.67. The Hall–Kier alpha value is -1.33. The topological polar surface area (TPSA) is 27.0 Å². The van der Waals surface area contributed by atoms with Crippen LogP contribution >= 0.6 is 0 Å². The molecule has 0 amide bonds. The van der Waals surface area contributed by atoms with E-state index < -0.39 is 0 Å². The van der Waals surface area contributed by atoms with Crippen LogP contribution in [-0.4, -0.2) is 24.5 Å². The smallest absolute Gasteiger partial charge is 0.0839 e. The lowest BCUT2D eigenvalue weighted by atomic mass is 9.94. The fraction of sp³-hybridized carbons (Fsp3) is 0.588. The van der Waals surface area contributed by atoms with Gasteiger partial charge in [0.25, 0.3) is 0 Å². The number of nitrogens with zero attached hydrogens (tertiary/aromatic N) is 2. The average molecular weight is 256 g/mol. The summed E-state index contributed by atoms with van der Waals surface area (Å²) in [6.45, 7) is 7.66. The van der Waals surface area contributed by atoms with Crippen molar-refractivity contribution in [2.45, 2.75) is 44.9 Å². The fourth-order valence-corrected chi connectivity index (χ4v) is 2.74. The third-order valence-electron chi connectivity index (χ3n) is 4.32. The SMILES string of the molecule is CCC(C)c1ccc(C(C#N)CN2CCCC2)cc1. The van der Waals surface area contributed by atoms with Gasteiger partial charge in [-0.25, -0.2) is 0 Å². The van der Waals surface area contributed by atoms with E-state index in [-0.39, 0.29) is 5.92 Å². The van der Waals surface area contributed by atoms with Gasteiger partial charge in [-0.05, 0) is 49.4 Å². The molecule has 1 aromatic carbocycles. The maximum absolute atomic E-state index is 9.39. The van der Waals surface area contributed by atoms with Crippen molar-refractivity contribution in [1.82, 2.24) is 4.90 Å². The van der Waals surface area contributed by atoms with Crippen molar-refractivity contribution >= 4 is 0 Å². The Labute approximate surface area is 117 Å². The first-order valence-electron chi connectivity index (χ1n) is 7.46. The summed E-state index contributed by atoms with van der Waals surface area (Å²) in [4.78, 5) is 2.41. The molecule has 0 aromatic heterocycles. The van der Waals surface area contributed by atoms with Crippen molar-refractivity contribution in [3.8, 4) is 6.07 Å². The molecule has 2 atom stereocenters. The van der Waals surface area contributed by atoms with Gasteiger partial charge in [-0.1, -0.05) is 38.1 Å². The standard InChI is InChI=1S/C17H24N2/c1-3-14(2)15-6-8-16(9-7-15)17(12-18)13-19-10-4-5-11-19/h6-9,14,17H,3-5,10-11,13H2,1-2H3. The van der Waals surface area contributed by atoms with Crippen molar-refractivity contribution < 1.29 is 0 Å². The maximum Gasteiger partial charge on any atom is 0.0839 e. The minimum atomic E-state index is 0.0177. The summed E-state index contributed by atoms with van der Waals surface area (Å²) in [5.41, 5.74) is 2.55. The summed E-state index contributed by atoms with van der Waals surface area (Å²) in [6.07, 6.45) is 3.73. The van der Waals surface area contributed by atoms with Gasteiger partial charge >= 0.3 is 0 Å². The third kappa shape index (κ3) is 3.58. The molecule has 1 saturated heterocycles. The predicted octanol–water partition coefficient (Wildman–Crippen LogP) is 3.90. The third-order valence-corrected chi connectivity index (χ3v) is 4.32. The summed E-state index contributed by atoms with van der Waals surface area (Å²) >= 11 is 0. The summed E-state index contributed by atoms with van der Waals surface area (Å²) in [7, 11) is 0. The van der Waals surface area contributed by atoms with E-state index in [9.17, 15) is 5.26 Å². The van der Waals surface area contributed by atoms with E-state index in [1.807, 2.05) is 0 Å². The quantitative estimate of drug-likeness (QED) is 0.799. The van der Waals surface area contributed by atoms with Crippen LogP contribution in [0.3, 0.4) is 0 Å². The maximum atomic E-state index is 9.39. The number of rotatable bonds is 5. The van der Waals surface area contributed by atoms with E-state index in [0.29, 0.717) is 5.92 Å². The van der Waals surface area contributed by atoms with Gasteiger partial charge in [-0.15, -0.1) is 0 Å². The molecule has 1 fully saturated rings. The van der Waals surface area contributed by atoms with Gasteiger partial charge in [0.2, 0.25) is 0 Å². The van der Waals surface area contributed by atoms with Crippen LogP contribution in [-0.2, 0) is 0 Å². The second-order valence-electron chi connectivity index (χ2n) is 5.67. The van der Waals surface area contributed by atoms with Gasteiger partial charge in [-0.3, -0.25) is 0 Å². The van der Waals surface area contributed by atoms with Crippen molar-refractivity contribution in [3.63, 3.8) is 0 Å². The highest BCUT2D eigenvalue weighted by Gasteiger charge is 2.18. The molecular formula is C17H24N2. The molecule has 102 valence electrons. The molecule has 1 aromatic rings. The zero-order valence-electron chi connectivity index (χ0n) is 12.1. The minimum Gasteiger partial charge on any atom is -0.302 e. The number of nitriles is 1. The zero-order chi connectivity index (χ0) is 13.7. The highest BCUT2D eigenvalue weighted by molar-refractivity contribution is 5.30. The lowest BCUT2D eigenvalue weighted by Gasteiger charge is -2.19. The molecule has 1 aliphatic rings. The van der Waals surface area contributed by atoms with E-state index in [4.69, 9.17) is 0 Å². The molecule has 2 heteroatoms. The summed E-state index contributed by atoms with van der Waals surface area (Å²) in [5, 5.41) is 9.39. The molecule has 0 aliphatic carbocycles. The van der Waals surface area contributed by atoms with Crippen LogP contribution < -0.4 is 0 Å². The molecule has 2 nitrogen and oxygen atoms in total. The molecule has 19 heavy (non-hydrogen) atoms. The Morgan fingerprint density at radius 2 is 1.74 bits per heavy atom. The lowest BCUT2D eigenvalue weighted by Crippen LogP contribution is -2.25. The molecule has 1 aliphatic heterocycles. The molecule has 0 spiro atoms. The second kappa shape index (κ2) is 6.73. The molecule has 0 bridgehead atoms. The first-order valence-corrected chi connectivity index (χ1v) is 7.46. The highest BCUT2D eigenvalue weighted by Crippen LogP contribution is 2.23. The Balaban J connectivity index is 2.04. The van der Waals surface area contributed by atoms with E-state index in [2.05, 4.69) is 49.1 Å². The van der Waals surface area contributed by atoms with Gasteiger partial charge in [0.1, 0.15) is 0 Å². The van der Waals surface area contributed by atoms with Gasteiger partial charge < -0.3 is 4.90 Å². The fourth-order valence-electron chi connectivity index (χ4n) is 2.74. The van der Waals surface area contributed by atoms with Gasteiger partial charge in [0.05, 0.1) is 12.0 Å². The van der Waals surface area contributed by atoms with Gasteiger partial charge in [-0.2, -0.15) is 5.26 Å². The minimum absolute atomic E-state index is 0.0177. The van der Waals surface area contributed by atoms with E-state index in [1.165, 1.54) is 24.0 Å². The summed E-state index contributed by atoms with van der Waals surface area (Å²) < 4.78 is 0. The van der Waals surface area contributed by atoms with Crippen LogP contribution in [0.2, 0.25) is 0 Å². The van der Waals surface area contributed by atoms with Crippen molar-refractivity contribution in [2.24, 2.45) is 0 Å². The monoisotopic (exact) mass is 256 g/mol. The van der Waals surface area contributed by atoms with Crippen molar-refractivity contribution in [1.29, 1.82) is 5.26 Å². The first-order chi connectivity index (χ1) is 9.24. The molecule has 2 rings (SSSR count). The number of hydrogen-bond acceptors (Lipinski definition) is 2. The lowest BCUT2D eigenvalue weighted by molar-refractivity contribution is 0.332. The zero-order valence-corrected chi connectivity index (χ0v) is 12.1. The van der Waals surface area contributed by atoms with Crippen molar-refractivity contribution in [3.05, 3.63) is 35.4 Å². The Bertz CT molecular complexity index is 424. The first kappa shape index (κ1) is 14.1. The number of likely N-dealkylation sites (tertiary alicyclic amines) is 1. The van der Waals surface area contributed by atoms with Crippen LogP contribution in [0, 0.1) is 11.3 Å². The Morgan fingerprint density at radius 1 is 1.16 bits per heavy atom. The normalized spacial score (nSPS) is 19.0. The van der Waals surface area contributed by atoms with E-state index >= 15 is 0 Å². The molecular weight excluding hydrogens is 232 g/mol. The van der Waals surface area contributed by atoms with E-state index in [1.54, 1.807) is 0 Å². The number of benzene rings is 1. The van der Waals surface area contributed by atoms with Crippen LogP contribution in [0.1, 0.15) is 56.1 Å². The largest absolute Gasteiger partial charge is 0.302 e. The highest BCUT2D eigenvalue weighted by atomic mass is 15.1. The number of hydrogen-bond donors (Lipinski definition) is 0. The average Bonchev–Trinajstić information content (AvgIpc) is 2.97. The summed E-state index contributed by atoms with van der Waals surface area (Å²) in [5.74, 6) is 0.622. The van der Waals surface area contributed by atoms with Gasteiger partial charge in [0.15, 0.2) is 0 Å². The molecule has 0 saturated carbocycles. The Morgan fingerprint density at radius 3 is 2.26 bits per heavy atom. The molecule has 0 radical (unpaired) electrons. The predicted molar refractivity (Wildman–Crippen MR) is 79.2 cm³/mol. The van der Waals surface area contributed by atoms with Crippen LogP contribution in [0.4, 0.5) is 0 Å². The van der Waals surface area contributed by atoms with Crippen LogP contribution in [0.15, 0.2) is 24.3 Å². The Kier molecular flexibility index (Phi) is 4.99. The van der Waals surface area contributed by atoms with Crippen LogP contribution in [0.25, 0.3) is 0 Å². The molecule has 1 heterocycles.